The van der Waals surface area contributed by atoms with Gasteiger partial charge in [0, 0.05) is 19.6 Å². The van der Waals surface area contributed by atoms with Gasteiger partial charge >= 0.3 is 5.97 Å². The molecule has 0 saturated heterocycles. The molecule has 0 aliphatic heterocycles. The Hall–Kier alpha value is -1.10. The minimum absolute atomic E-state index is 0.0452. The fraction of sp³-hybridized carbons (Fsp3) is 0.750. The van der Waals surface area contributed by atoms with Crippen LogP contribution in [0.2, 0.25) is 0 Å². The summed E-state index contributed by atoms with van der Waals surface area (Å²) in [6, 6.07) is 0. The third kappa shape index (κ3) is 8.81. The smallest absolute Gasteiger partial charge is 0.303 e. The van der Waals surface area contributed by atoms with Crippen LogP contribution in [0.25, 0.3) is 0 Å². The first-order chi connectivity index (χ1) is 6.16. The Bertz CT molecular complexity index is 170. The summed E-state index contributed by atoms with van der Waals surface area (Å²) in [6.45, 7) is 2.74. The summed E-state index contributed by atoms with van der Waals surface area (Å²) < 4.78 is 4.85. The van der Waals surface area contributed by atoms with Crippen LogP contribution in [0.4, 0.5) is 0 Å². The Labute approximate surface area is 77.1 Å². The number of aliphatic carboxylic acids is 1. The van der Waals surface area contributed by atoms with Crippen LogP contribution in [0, 0.1) is 0 Å². The van der Waals surface area contributed by atoms with E-state index in [1.165, 1.54) is 0 Å². The lowest BCUT2D eigenvalue weighted by Gasteiger charge is -2.03. The molecule has 0 radical (unpaired) electrons. The van der Waals surface area contributed by atoms with E-state index >= 15 is 0 Å². The summed E-state index contributed by atoms with van der Waals surface area (Å²) in [5.41, 5.74) is 0. The van der Waals surface area contributed by atoms with Gasteiger partial charge in [-0.15, -0.1) is 0 Å². The zero-order chi connectivity index (χ0) is 10.1. The molecule has 0 unspecified atom stereocenters. The average Bonchev–Trinajstić information content (AvgIpc) is 2.08. The number of ether oxygens (including phenoxy) is 1. The molecule has 76 valence electrons. The van der Waals surface area contributed by atoms with Crippen molar-refractivity contribution in [3.63, 3.8) is 0 Å². The maximum Gasteiger partial charge on any atom is 0.303 e. The van der Waals surface area contributed by atoms with E-state index in [2.05, 4.69) is 5.32 Å². The molecule has 0 aliphatic rings. The molecule has 0 fully saturated rings. The van der Waals surface area contributed by atoms with Crippen molar-refractivity contribution in [3.05, 3.63) is 0 Å². The number of hydrogen-bond donors (Lipinski definition) is 2. The molecule has 0 aromatic carbocycles. The number of carbonyl (C=O) groups excluding carboxylic acids is 1. The van der Waals surface area contributed by atoms with Gasteiger partial charge in [0.1, 0.15) is 6.61 Å². The number of carbonyl (C=O) groups is 2. The van der Waals surface area contributed by atoms with Gasteiger partial charge in [-0.25, -0.2) is 0 Å². The van der Waals surface area contributed by atoms with Crippen molar-refractivity contribution in [2.24, 2.45) is 0 Å². The first kappa shape index (κ1) is 11.9. The Morgan fingerprint density at radius 1 is 1.46 bits per heavy atom. The van der Waals surface area contributed by atoms with Crippen molar-refractivity contribution in [1.29, 1.82) is 0 Å². The van der Waals surface area contributed by atoms with E-state index in [1.54, 1.807) is 6.92 Å². The van der Waals surface area contributed by atoms with Gasteiger partial charge in [0.05, 0.1) is 0 Å². The first-order valence-electron chi connectivity index (χ1n) is 4.23. The second-order valence-corrected chi connectivity index (χ2v) is 2.48. The lowest BCUT2D eigenvalue weighted by molar-refractivity contribution is -0.137. The van der Waals surface area contributed by atoms with Gasteiger partial charge in [0.25, 0.3) is 0 Å². The molecule has 2 N–H and O–H groups in total. The van der Waals surface area contributed by atoms with E-state index < -0.39 is 5.97 Å². The largest absolute Gasteiger partial charge is 0.481 e. The number of amides is 1. The highest BCUT2D eigenvalue weighted by Gasteiger charge is 2.00. The number of hydrogen-bond acceptors (Lipinski definition) is 3. The Balaban J connectivity index is 3.22. The average molecular weight is 189 g/mol. The normalized spacial score (nSPS) is 9.62. The molecular weight excluding hydrogens is 174 g/mol. The van der Waals surface area contributed by atoms with Crippen LogP contribution in [0.15, 0.2) is 0 Å². The van der Waals surface area contributed by atoms with E-state index in [-0.39, 0.29) is 18.9 Å². The minimum atomic E-state index is -0.848. The topological polar surface area (TPSA) is 75.6 Å². The molecule has 0 spiro atoms. The van der Waals surface area contributed by atoms with Crippen molar-refractivity contribution < 1.29 is 19.4 Å². The van der Waals surface area contributed by atoms with Crippen LogP contribution in [-0.2, 0) is 14.3 Å². The maximum absolute atomic E-state index is 10.9. The summed E-state index contributed by atoms with van der Waals surface area (Å²) in [5, 5.41) is 10.8. The maximum atomic E-state index is 10.9. The Kier molecular flexibility index (Phi) is 6.91. The molecule has 0 bridgehead atoms. The summed E-state index contributed by atoms with van der Waals surface area (Å²) in [4.78, 5) is 20.9. The molecule has 13 heavy (non-hydrogen) atoms. The summed E-state index contributed by atoms with van der Waals surface area (Å²) in [6.07, 6.45) is 0.530. The number of carboxylic acid groups (broad SMARTS) is 1. The number of nitrogens with one attached hydrogen (secondary N) is 1. The highest BCUT2D eigenvalue weighted by atomic mass is 16.5. The Morgan fingerprint density at radius 2 is 2.15 bits per heavy atom. The quantitative estimate of drug-likeness (QED) is 0.553. The second kappa shape index (κ2) is 7.54. The summed E-state index contributed by atoms with van der Waals surface area (Å²) in [7, 11) is 0. The van der Waals surface area contributed by atoms with Crippen LogP contribution in [0.3, 0.4) is 0 Å². The van der Waals surface area contributed by atoms with E-state index in [9.17, 15) is 9.59 Å². The zero-order valence-electron chi connectivity index (χ0n) is 7.71. The second-order valence-electron chi connectivity index (χ2n) is 2.48. The molecule has 0 aromatic rings. The van der Waals surface area contributed by atoms with Crippen LogP contribution in [0.5, 0.6) is 0 Å². The van der Waals surface area contributed by atoms with E-state index in [0.29, 0.717) is 19.6 Å². The van der Waals surface area contributed by atoms with Gasteiger partial charge in [-0.2, -0.15) is 0 Å². The van der Waals surface area contributed by atoms with Crippen LogP contribution in [0.1, 0.15) is 19.8 Å². The fourth-order valence-electron chi connectivity index (χ4n) is 0.713. The zero-order valence-corrected chi connectivity index (χ0v) is 7.71. The molecular formula is C8H15NO4. The van der Waals surface area contributed by atoms with E-state index in [4.69, 9.17) is 9.84 Å². The standard InChI is InChI=1S/C8H15NO4/c1-2-13-6-7(10)9-5-3-4-8(11)12/h2-6H2,1H3,(H,9,10)(H,11,12). The predicted octanol–water partition coefficient (Wildman–Crippen LogP) is 0.00390. The first-order valence-corrected chi connectivity index (χ1v) is 4.23. The molecule has 0 heterocycles. The van der Waals surface area contributed by atoms with Gasteiger partial charge < -0.3 is 15.2 Å². The van der Waals surface area contributed by atoms with Crippen molar-refractivity contribution in [3.8, 4) is 0 Å². The van der Waals surface area contributed by atoms with Crippen molar-refractivity contribution in [2.45, 2.75) is 19.8 Å². The molecule has 5 nitrogen and oxygen atoms in total. The van der Waals surface area contributed by atoms with Crippen LogP contribution >= 0.6 is 0 Å². The molecule has 1 amide bonds. The van der Waals surface area contributed by atoms with Crippen LogP contribution < -0.4 is 5.32 Å². The van der Waals surface area contributed by atoms with E-state index in [1.807, 2.05) is 0 Å². The molecule has 0 saturated carbocycles. The highest BCUT2D eigenvalue weighted by molar-refractivity contribution is 5.77. The van der Waals surface area contributed by atoms with Crippen molar-refractivity contribution in [1.82, 2.24) is 5.32 Å². The third-order valence-electron chi connectivity index (χ3n) is 1.33. The lowest BCUT2D eigenvalue weighted by atomic mass is 10.3. The molecule has 0 aliphatic carbocycles. The minimum Gasteiger partial charge on any atom is -0.481 e. The molecule has 5 heteroatoms. The fourth-order valence-corrected chi connectivity index (χ4v) is 0.713. The monoisotopic (exact) mass is 189 g/mol. The molecule has 0 aromatic heterocycles. The van der Waals surface area contributed by atoms with Gasteiger partial charge in [-0.05, 0) is 13.3 Å². The summed E-state index contributed by atoms with van der Waals surface area (Å²) in [5.74, 6) is -1.05. The van der Waals surface area contributed by atoms with Crippen molar-refractivity contribution in [2.75, 3.05) is 19.8 Å². The van der Waals surface area contributed by atoms with Gasteiger partial charge in [0.15, 0.2) is 0 Å². The lowest BCUT2D eigenvalue weighted by Crippen LogP contribution is -2.28. The summed E-state index contributed by atoms with van der Waals surface area (Å²) >= 11 is 0. The predicted molar refractivity (Wildman–Crippen MR) is 46.4 cm³/mol. The van der Waals surface area contributed by atoms with E-state index in [0.717, 1.165) is 0 Å². The number of carboxylic acids is 1. The Morgan fingerprint density at radius 3 is 2.69 bits per heavy atom. The SMILES string of the molecule is CCOCC(=O)NCCCC(=O)O. The van der Waals surface area contributed by atoms with Gasteiger partial charge in [-0.1, -0.05) is 0 Å². The van der Waals surface area contributed by atoms with Crippen molar-refractivity contribution >= 4 is 11.9 Å². The third-order valence-corrected chi connectivity index (χ3v) is 1.33. The van der Waals surface area contributed by atoms with Gasteiger partial charge in [-0.3, -0.25) is 9.59 Å². The highest BCUT2D eigenvalue weighted by Crippen LogP contribution is 1.85. The number of rotatable bonds is 7. The molecule has 0 atom stereocenters. The van der Waals surface area contributed by atoms with Gasteiger partial charge in [0.2, 0.25) is 5.91 Å². The van der Waals surface area contributed by atoms with Crippen LogP contribution in [-0.4, -0.2) is 36.7 Å². The molecule has 0 rings (SSSR count).